The Kier molecular flexibility index (Phi) is 5.03. The molecule has 104 valence electrons. The Hall–Kier alpha value is -1.75. The standard InChI is InChI=1S/C14H20N2O3/c1-2-18-12-3-5-13(6-4-12)19-10-14(17)16-11-7-8-15-9-11/h3-6,11,15H,2,7-10H2,1H3,(H,16,17). The van der Waals surface area contributed by atoms with Gasteiger partial charge in [0.15, 0.2) is 6.61 Å². The molecule has 5 nitrogen and oxygen atoms in total. The van der Waals surface area contributed by atoms with Crippen LogP contribution >= 0.6 is 0 Å². The Balaban J connectivity index is 1.73. The lowest BCUT2D eigenvalue weighted by Crippen LogP contribution is -2.39. The van der Waals surface area contributed by atoms with Crippen molar-refractivity contribution in [3.63, 3.8) is 0 Å². The molecule has 1 aromatic carbocycles. The molecule has 1 fully saturated rings. The topological polar surface area (TPSA) is 59.6 Å². The maximum absolute atomic E-state index is 11.7. The summed E-state index contributed by atoms with van der Waals surface area (Å²) in [7, 11) is 0. The highest BCUT2D eigenvalue weighted by molar-refractivity contribution is 5.77. The highest BCUT2D eigenvalue weighted by Gasteiger charge is 2.16. The van der Waals surface area contributed by atoms with Crippen LogP contribution in [0.2, 0.25) is 0 Å². The lowest BCUT2D eigenvalue weighted by molar-refractivity contribution is -0.123. The van der Waals surface area contributed by atoms with Crippen LogP contribution in [0.4, 0.5) is 0 Å². The summed E-state index contributed by atoms with van der Waals surface area (Å²) in [6, 6.07) is 7.50. The first-order valence-corrected chi connectivity index (χ1v) is 6.63. The van der Waals surface area contributed by atoms with Crippen LogP contribution in [-0.2, 0) is 4.79 Å². The smallest absolute Gasteiger partial charge is 0.258 e. The summed E-state index contributed by atoms with van der Waals surface area (Å²) in [5.74, 6) is 1.39. The zero-order chi connectivity index (χ0) is 13.5. The molecule has 1 unspecified atom stereocenters. The molecule has 5 heteroatoms. The average Bonchev–Trinajstić information content (AvgIpc) is 2.91. The molecular formula is C14H20N2O3. The molecule has 0 bridgehead atoms. The lowest BCUT2D eigenvalue weighted by atomic mass is 10.2. The molecule has 1 aliphatic heterocycles. The quantitative estimate of drug-likeness (QED) is 0.803. The molecule has 0 spiro atoms. The third-order valence-electron chi connectivity index (χ3n) is 2.93. The van der Waals surface area contributed by atoms with Crippen LogP contribution in [0.3, 0.4) is 0 Å². The number of benzene rings is 1. The molecule has 0 aromatic heterocycles. The zero-order valence-electron chi connectivity index (χ0n) is 11.1. The van der Waals surface area contributed by atoms with Crippen LogP contribution in [0.1, 0.15) is 13.3 Å². The van der Waals surface area contributed by atoms with Crippen LogP contribution in [0.15, 0.2) is 24.3 Å². The lowest BCUT2D eigenvalue weighted by Gasteiger charge is -2.12. The van der Waals surface area contributed by atoms with E-state index >= 15 is 0 Å². The first-order chi connectivity index (χ1) is 9.28. The molecule has 2 N–H and O–H groups in total. The van der Waals surface area contributed by atoms with Gasteiger partial charge in [-0.3, -0.25) is 4.79 Å². The summed E-state index contributed by atoms with van der Waals surface area (Å²) < 4.78 is 10.8. The Labute approximate surface area is 113 Å². The first-order valence-electron chi connectivity index (χ1n) is 6.63. The van der Waals surface area contributed by atoms with Crippen molar-refractivity contribution >= 4 is 5.91 Å². The Morgan fingerprint density at radius 3 is 2.58 bits per heavy atom. The van der Waals surface area contributed by atoms with E-state index in [9.17, 15) is 4.79 Å². The fourth-order valence-corrected chi connectivity index (χ4v) is 1.99. The van der Waals surface area contributed by atoms with E-state index in [-0.39, 0.29) is 18.6 Å². The van der Waals surface area contributed by atoms with Crippen molar-refractivity contribution in [2.75, 3.05) is 26.3 Å². The van der Waals surface area contributed by atoms with Crippen LogP contribution in [-0.4, -0.2) is 38.3 Å². The van der Waals surface area contributed by atoms with Crippen molar-refractivity contribution in [3.8, 4) is 11.5 Å². The molecule has 1 atom stereocenters. The van der Waals surface area contributed by atoms with E-state index < -0.39 is 0 Å². The minimum atomic E-state index is -0.0809. The minimum absolute atomic E-state index is 0.0461. The number of nitrogens with one attached hydrogen (secondary N) is 2. The molecule has 0 radical (unpaired) electrons. The second-order valence-corrected chi connectivity index (χ2v) is 4.45. The van der Waals surface area contributed by atoms with Gasteiger partial charge < -0.3 is 20.1 Å². The van der Waals surface area contributed by atoms with Crippen LogP contribution < -0.4 is 20.1 Å². The Morgan fingerprint density at radius 2 is 2.00 bits per heavy atom. The van der Waals surface area contributed by atoms with Gasteiger partial charge in [0.05, 0.1) is 6.61 Å². The summed E-state index contributed by atoms with van der Waals surface area (Å²) >= 11 is 0. The van der Waals surface area contributed by atoms with Gasteiger partial charge in [-0.15, -0.1) is 0 Å². The molecule has 1 aliphatic rings. The van der Waals surface area contributed by atoms with E-state index in [1.54, 1.807) is 12.1 Å². The van der Waals surface area contributed by atoms with Crippen LogP contribution in [0, 0.1) is 0 Å². The fraction of sp³-hybridized carbons (Fsp3) is 0.500. The molecule has 1 aromatic rings. The third kappa shape index (κ3) is 4.44. The Bertz CT molecular complexity index is 400. The van der Waals surface area contributed by atoms with Gasteiger partial charge >= 0.3 is 0 Å². The molecule has 2 rings (SSSR count). The van der Waals surface area contributed by atoms with Gasteiger partial charge in [0.2, 0.25) is 0 Å². The fourth-order valence-electron chi connectivity index (χ4n) is 1.99. The summed E-state index contributed by atoms with van der Waals surface area (Å²) in [6.45, 7) is 4.43. The molecule has 1 heterocycles. The Morgan fingerprint density at radius 1 is 1.32 bits per heavy atom. The van der Waals surface area contributed by atoms with Crippen LogP contribution in [0.25, 0.3) is 0 Å². The van der Waals surface area contributed by atoms with E-state index in [0.717, 1.165) is 25.3 Å². The van der Waals surface area contributed by atoms with Gasteiger partial charge in [0.1, 0.15) is 11.5 Å². The van der Waals surface area contributed by atoms with Gasteiger partial charge in [-0.2, -0.15) is 0 Å². The van der Waals surface area contributed by atoms with Gasteiger partial charge in [-0.25, -0.2) is 0 Å². The van der Waals surface area contributed by atoms with Crippen molar-refractivity contribution in [1.29, 1.82) is 0 Å². The second kappa shape index (κ2) is 6.99. The maximum Gasteiger partial charge on any atom is 0.258 e. The SMILES string of the molecule is CCOc1ccc(OCC(=O)NC2CCNC2)cc1. The number of hydrogen-bond donors (Lipinski definition) is 2. The van der Waals surface area contributed by atoms with E-state index in [2.05, 4.69) is 10.6 Å². The molecule has 0 aliphatic carbocycles. The summed E-state index contributed by atoms with van der Waals surface area (Å²) in [5, 5.41) is 6.13. The summed E-state index contributed by atoms with van der Waals surface area (Å²) in [6.07, 6.45) is 0.981. The number of ether oxygens (including phenoxy) is 2. The van der Waals surface area contributed by atoms with Crippen molar-refractivity contribution in [3.05, 3.63) is 24.3 Å². The monoisotopic (exact) mass is 264 g/mol. The minimum Gasteiger partial charge on any atom is -0.494 e. The van der Waals surface area contributed by atoms with Crippen molar-refractivity contribution in [2.24, 2.45) is 0 Å². The zero-order valence-corrected chi connectivity index (χ0v) is 11.1. The largest absolute Gasteiger partial charge is 0.494 e. The number of amides is 1. The molecule has 0 saturated carbocycles. The predicted octanol–water partition coefficient (Wildman–Crippen LogP) is 0.942. The third-order valence-corrected chi connectivity index (χ3v) is 2.93. The summed E-state index contributed by atoms with van der Waals surface area (Å²) in [4.78, 5) is 11.7. The number of hydrogen-bond acceptors (Lipinski definition) is 4. The predicted molar refractivity (Wildman–Crippen MR) is 72.5 cm³/mol. The second-order valence-electron chi connectivity index (χ2n) is 4.45. The van der Waals surface area contributed by atoms with Crippen molar-refractivity contribution in [2.45, 2.75) is 19.4 Å². The first kappa shape index (κ1) is 13.7. The maximum atomic E-state index is 11.7. The van der Waals surface area contributed by atoms with Crippen molar-refractivity contribution in [1.82, 2.24) is 10.6 Å². The number of carbonyl (C=O) groups excluding carboxylic acids is 1. The molecule has 1 saturated heterocycles. The van der Waals surface area contributed by atoms with E-state index in [1.165, 1.54) is 0 Å². The summed E-state index contributed by atoms with van der Waals surface area (Å²) in [5.41, 5.74) is 0. The molecule has 1 amide bonds. The van der Waals surface area contributed by atoms with Crippen LogP contribution in [0.5, 0.6) is 11.5 Å². The average molecular weight is 264 g/mol. The van der Waals surface area contributed by atoms with E-state index in [1.807, 2.05) is 19.1 Å². The van der Waals surface area contributed by atoms with E-state index in [0.29, 0.717) is 12.4 Å². The van der Waals surface area contributed by atoms with Gasteiger partial charge in [0, 0.05) is 12.6 Å². The van der Waals surface area contributed by atoms with Crippen molar-refractivity contribution < 1.29 is 14.3 Å². The van der Waals surface area contributed by atoms with Gasteiger partial charge in [0.25, 0.3) is 5.91 Å². The molecular weight excluding hydrogens is 244 g/mol. The highest BCUT2D eigenvalue weighted by Crippen LogP contribution is 2.17. The molecule has 19 heavy (non-hydrogen) atoms. The van der Waals surface area contributed by atoms with E-state index in [4.69, 9.17) is 9.47 Å². The van der Waals surface area contributed by atoms with Gasteiger partial charge in [-0.05, 0) is 44.2 Å². The number of rotatable bonds is 6. The highest BCUT2D eigenvalue weighted by atomic mass is 16.5. The number of carbonyl (C=O) groups is 1. The van der Waals surface area contributed by atoms with Gasteiger partial charge in [-0.1, -0.05) is 0 Å². The normalized spacial score (nSPS) is 18.1.